The number of hydrogen-bond donors (Lipinski definition) is 9. The first-order valence-corrected chi connectivity index (χ1v) is 11.9. The van der Waals surface area contributed by atoms with E-state index in [0.29, 0.717) is 25.8 Å². The smallest absolute Gasteiger partial charge is 0.326 e. The molecule has 14 nitrogen and oxygen atoms in total. The Morgan fingerprint density at radius 2 is 1.57 bits per heavy atom. The lowest BCUT2D eigenvalue weighted by atomic mass is 10.0. The van der Waals surface area contributed by atoms with Crippen molar-refractivity contribution in [2.24, 2.45) is 27.9 Å². The third-order valence-corrected chi connectivity index (χ3v) is 5.31. The molecule has 0 aliphatic carbocycles. The molecule has 1 rings (SSSR count). The molecule has 0 fully saturated rings. The van der Waals surface area contributed by atoms with Crippen molar-refractivity contribution in [2.75, 3.05) is 19.6 Å². The van der Waals surface area contributed by atoms with Crippen LogP contribution in [0.15, 0.2) is 29.3 Å². The number of benzene rings is 1. The number of carbonyl (C=O) groups excluding carboxylic acids is 3. The maximum atomic E-state index is 12.7. The van der Waals surface area contributed by atoms with E-state index < -0.39 is 48.4 Å². The van der Waals surface area contributed by atoms with Crippen LogP contribution in [0.3, 0.4) is 0 Å². The summed E-state index contributed by atoms with van der Waals surface area (Å²) in [6, 6.07) is 3.13. The molecule has 1 aromatic rings. The van der Waals surface area contributed by atoms with Gasteiger partial charge in [-0.15, -0.1) is 0 Å². The Hall–Kier alpha value is -3.91. The summed E-state index contributed by atoms with van der Waals surface area (Å²) in [6.07, 6.45) is 2.03. The van der Waals surface area contributed by atoms with E-state index in [9.17, 15) is 29.4 Å². The van der Waals surface area contributed by atoms with Gasteiger partial charge in [0.15, 0.2) is 5.96 Å². The van der Waals surface area contributed by atoms with Gasteiger partial charge >= 0.3 is 5.97 Å². The van der Waals surface area contributed by atoms with Crippen LogP contribution >= 0.6 is 0 Å². The molecule has 0 bridgehead atoms. The minimum atomic E-state index is -1.24. The minimum Gasteiger partial charge on any atom is -0.508 e. The van der Waals surface area contributed by atoms with Gasteiger partial charge in [0.25, 0.3) is 0 Å². The summed E-state index contributed by atoms with van der Waals surface area (Å²) in [4.78, 5) is 52.8. The van der Waals surface area contributed by atoms with E-state index in [4.69, 9.17) is 22.9 Å². The predicted octanol–water partition coefficient (Wildman–Crippen LogP) is -2.38. The normalized spacial score (nSPS) is 13.0. The third-order valence-electron chi connectivity index (χ3n) is 5.31. The van der Waals surface area contributed by atoms with Crippen LogP contribution in [-0.2, 0) is 25.6 Å². The van der Waals surface area contributed by atoms with E-state index in [1.54, 1.807) is 12.1 Å². The highest BCUT2D eigenvalue weighted by molar-refractivity contribution is 5.92. The highest BCUT2D eigenvalue weighted by Gasteiger charge is 2.25. The molecule has 0 heterocycles. The van der Waals surface area contributed by atoms with Crippen LogP contribution in [0.2, 0.25) is 0 Å². The van der Waals surface area contributed by atoms with E-state index in [0.717, 1.165) is 5.56 Å². The van der Waals surface area contributed by atoms with Crippen LogP contribution in [0, 0.1) is 0 Å². The van der Waals surface area contributed by atoms with Gasteiger partial charge in [-0.3, -0.25) is 19.4 Å². The van der Waals surface area contributed by atoms with Crippen molar-refractivity contribution in [1.29, 1.82) is 0 Å². The summed E-state index contributed by atoms with van der Waals surface area (Å²) in [5.74, 6) is -3.15. The van der Waals surface area contributed by atoms with Crippen LogP contribution in [0.25, 0.3) is 0 Å². The summed E-state index contributed by atoms with van der Waals surface area (Å²) in [6.45, 7) is 0.127. The average Bonchev–Trinajstić information content (AvgIpc) is 2.84. The maximum absolute atomic E-state index is 12.7. The third kappa shape index (κ3) is 13.1. The first kappa shape index (κ1) is 31.1. The number of carboxylic acids is 1. The number of phenols is 1. The number of aliphatic carboxylic acids is 1. The highest BCUT2D eigenvalue weighted by atomic mass is 16.4. The number of phenolic OH excluding ortho intramolecular Hbond substituents is 1. The molecule has 0 aliphatic rings. The number of nitrogens with two attached hydrogens (primary N) is 4. The summed E-state index contributed by atoms with van der Waals surface area (Å²) < 4.78 is 0. The molecule has 0 saturated heterocycles. The van der Waals surface area contributed by atoms with Crippen LogP contribution in [0.1, 0.15) is 37.7 Å². The van der Waals surface area contributed by atoms with Gasteiger partial charge < -0.3 is 49.1 Å². The molecule has 0 spiro atoms. The zero-order valence-corrected chi connectivity index (χ0v) is 20.7. The van der Waals surface area contributed by atoms with Crippen LogP contribution in [0.4, 0.5) is 0 Å². The predicted molar refractivity (Wildman–Crippen MR) is 137 cm³/mol. The Bertz CT molecular complexity index is 920. The molecular formula is C23H38N8O6. The number of rotatable bonds is 17. The molecular weight excluding hydrogens is 484 g/mol. The zero-order valence-electron chi connectivity index (χ0n) is 20.7. The molecule has 3 amide bonds. The number of nitrogens with one attached hydrogen (secondary N) is 3. The van der Waals surface area contributed by atoms with E-state index in [-0.39, 0.29) is 37.5 Å². The molecule has 14 heteroatoms. The molecule has 0 aliphatic heterocycles. The molecule has 13 N–H and O–H groups in total. The van der Waals surface area contributed by atoms with Gasteiger partial charge in [-0.25, -0.2) is 4.79 Å². The Morgan fingerprint density at radius 3 is 2.16 bits per heavy atom. The van der Waals surface area contributed by atoms with E-state index in [1.165, 1.54) is 12.1 Å². The molecule has 37 heavy (non-hydrogen) atoms. The monoisotopic (exact) mass is 522 g/mol. The van der Waals surface area contributed by atoms with Gasteiger partial charge in [-0.1, -0.05) is 12.1 Å². The van der Waals surface area contributed by atoms with Crippen LogP contribution in [-0.4, -0.2) is 77.6 Å². The lowest BCUT2D eigenvalue weighted by molar-refractivity contribution is -0.142. The van der Waals surface area contributed by atoms with Crippen LogP contribution < -0.4 is 38.9 Å². The van der Waals surface area contributed by atoms with Gasteiger partial charge in [-0.05, 0) is 62.8 Å². The number of nitrogens with zero attached hydrogens (tertiary/aromatic N) is 1. The Labute approximate surface area is 215 Å². The fourth-order valence-corrected chi connectivity index (χ4v) is 3.32. The van der Waals surface area contributed by atoms with Crippen molar-refractivity contribution < 1.29 is 29.4 Å². The van der Waals surface area contributed by atoms with Crippen LogP contribution in [0.5, 0.6) is 5.75 Å². The first-order valence-electron chi connectivity index (χ1n) is 11.9. The number of hydrogen-bond acceptors (Lipinski definition) is 8. The quantitative estimate of drug-likeness (QED) is 0.0595. The first-order chi connectivity index (χ1) is 17.5. The molecule has 0 aromatic heterocycles. The summed E-state index contributed by atoms with van der Waals surface area (Å²) in [7, 11) is 0. The lowest BCUT2D eigenvalue weighted by Crippen LogP contribution is -2.53. The molecule has 3 unspecified atom stereocenters. The summed E-state index contributed by atoms with van der Waals surface area (Å²) >= 11 is 0. The molecule has 0 saturated carbocycles. The molecule has 206 valence electrons. The van der Waals surface area contributed by atoms with Gasteiger partial charge in [0.1, 0.15) is 17.8 Å². The number of carbonyl (C=O) groups is 4. The summed E-state index contributed by atoms with van der Waals surface area (Å²) in [5.41, 5.74) is 22.7. The van der Waals surface area contributed by atoms with E-state index >= 15 is 0 Å². The number of guanidine groups is 1. The fourth-order valence-electron chi connectivity index (χ4n) is 3.32. The largest absolute Gasteiger partial charge is 0.508 e. The fraction of sp³-hybridized carbons (Fsp3) is 0.522. The lowest BCUT2D eigenvalue weighted by Gasteiger charge is -2.21. The number of unbranched alkanes of at least 4 members (excludes halogenated alkanes) is 1. The summed E-state index contributed by atoms with van der Waals surface area (Å²) in [5, 5.41) is 26.1. The topological polar surface area (TPSA) is 261 Å². The molecule has 0 radical (unpaired) electrons. The van der Waals surface area contributed by atoms with Crippen molar-refractivity contribution in [1.82, 2.24) is 16.0 Å². The van der Waals surface area contributed by atoms with Gasteiger partial charge in [0, 0.05) is 6.54 Å². The number of amides is 3. The van der Waals surface area contributed by atoms with Gasteiger partial charge in [0.05, 0.1) is 12.6 Å². The number of carboxylic acid groups (broad SMARTS) is 1. The minimum absolute atomic E-state index is 0.0858. The Morgan fingerprint density at radius 1 is 0.919 bits per heavy atom. The second-order valence-electron chi connectivity index (χ2n) is 8.45. The zero-order chi connectivity index (χ0) is 27.8. The van der Waals surface area contributed by atoms with E-state index in [2.05, 4.69) is 20.9 Å². The molecule has 1 aromatic carbocycles. The van der Waals surface area contributed by atoms with Crippen molar-refractivity contribution in [3.63, 3.8) is 0 Å². The van der Waals surface area contributed by atoms with E-state index in [1.807, 2.05) is 0 Å². The van der Waals surface area contributed by atoms with Crippen molar-refractivity contribution in [3.8, 4) is 5.75 Å². The highest BCUT2D eigenvalue weighted by Crippen LogP contribution is 2.11. The Kier molecular flexibility index (Phi) is 14.1. The SMILES string of the molecule is NCCCCC(NC(=O)C(N)Cc1ccc(O)cc1)C(=O)NCC(=O)NC(CCCN=C(N)N)C(=O)O. The maximum Gasteiger partial charge on any atom is 0.326 e. The van der Waals surface area contributed by atoms with Gasteiger partial charge in [-0.2, -0.15) is 0 Å². The number of aliphatic imine (C=N–C) groups is 1. The standard InChI is InChI=1S/C23H38N8O6/c24-10-2-1-4-17(31-20(34)16(25)12-14-6-8-15(32)9-7-14)21(35)29-13-19(33)30-18(22(36)37)5-3-11-28-23(26)27/h6-9,16-18,32H,1-5,10-13,24-25H2,(H,29,35)(H,30,33)(H,31,34)(H,36,37)(H4,26,27,28). The van der Waals surface area contributed by atoms with Crippen molar-refractivity contribution >= 4 is 29.7 Å². The second kappa shape index (κ2) is 16.7. The average molecular weight is 523 g/mol. The Balaban J connectivity index is 2.65. The van der Waals surface area contributed by atoms with Crippen molar-refractivity contribution in [2.45, 2.75) is 56.7 Å². The number of aromatic hydroxyl groups is 1. The molecule has 3 atom stereocenters. The van der Waals surface area contributed by atoms with Gasteiger partial charge in [0.2, 0.25) is 17.7 Å². The van der Waals surface area contributed by atoms with Crippen molar-refractivity contribution in [3.05, 3.63) is 29.8 Å². The second-order valence-corrected chi connectivity index (χ2v) is 8.45.